The van der Waals surface area contributed by atoms with Gasteiger partial charge in [-0.2, -0.15) is 0 Å². The number of nitrogen functional groups attached to an aromatic ring is 2. The van der Waals surface area contributed by atoms with Gasteiger partial charge in [0.25, 0.3) is 0 Å². The predicted molar refractivity (Wildman–Crippen MR) is 143 cm³/mol. The predicted octanol–water partition coefficient (Wildman–Crippen LogP) is 6.13. The number of anilines is 2. The number of hydrogen-bond donors (Lipinski definition) is 2. The zero-order chi connectivity index (χ0) is 24.7. The Kier molecular flexibility index (Phi) is 6.76. The molecule has 0 fully saturated rings. The van der Waals surface area contributed by atoms with E-state index >= 15 is 0 Å². The van der Waals surface area contributed by atoms with Crippen molar-refractivity contribution in [2.24, 2.45) is 0 Å². The minimum absolute atomic E-state index is 0.235. The Balaban J connectivity index is 1.41. The van der Waals surface area contributed by atoms with Crippen LogP contribution in [0.25, 0.3) is 22.5 Å². The topological polar surface area (TPSA) is 96.3 Å². The number of nitrogens with two attached hydrogens (primary N) is 2. The van der Waals surface area contributed by atoms with E-state index in [-0.39, 0.29) is 5.82 Å². The molecular weight excluding hydrogens is 448 g/mol. The van der Waals surface area contributed by atoms with Crippen LogP contribution in [-0.2, 0) is 13.2 Å². The third-order valence-corrected chi connectivity index (χ3v) is 5.74. The van der Waals surface area contributed by atoms with Crippen LogP contribution in [0.5, 0.6) is 11.5 Å². The molecule has 1 aromatic heterocycles. The van der Waals surface area contributed by atoms with Crippen molar-refractivity contribution in [1.82, 2.24) is 9.97 Å². The largest absolute Gasteiger partial charge is 0.489 e. The summed E-state index contributed by atoms with van der Waals surface area (Å²) in [6.45, 7) is 0.943. The number of hydrogen-bond acceptors (Lipinski definition) is 6. The monoisotopic (exact) mass is 474 g/mol. The van der Waals surface area contributed by atoms with Crippen LogP contribution in [0, 0.1) is 0 Å². The summed E-state index contributed by atoms with van der Waals surface area (Å²) < 4.78 is 12.1. The quantitative estimate of drug-likeness (QED) is 0.281. The molecule has 0 bridgehead atoms. The van der Waals surface area contributed by atoms with Crippen molar-refractivity contribution >= 4 is 11.5 Å². The van der Waals surface area contributed by atoms with Crippen molar-refractivity contribution in [2.75, 3.05) is 11.5 Å². The van der Waals surface area contributed by atoms with E-state index in [4.69, 9.17) is 20.9 Å². The SMILES string of the molecule is Nc1cnc(-c2cc(-c3ccc(OCc4ccccc4)cc3)ccc2OCc2ccccc2)nc1N. The highest BCUT2D eigenvalue weighted by atomic mass is 16.5. The Morgan fingerprint density at radius 3 is 1.89 bits per heavy atom. The van der Waals surface area contributed by atoms with Crippen LogP contribution in [-0.4, -0.2) is 9.97 Å². The van der Waals surface area contributed by atoms with Gasteiger partial charge in [0, 0.05) is 0 Å². The molecule has 0 spiro atoms. The molecule has 1 heterocycles. The number of aromatic nitrogens is 2. The Labute approximate surface area is 210 Å². The lowest BCUT2D eigenvalue weighted by Crippen LogP contribution is -2.03. The molecule has 4 aromatic carbocycles. The van der Waals surface area contributed by atoms with Gasteiger partial charge in [-0.3, -0.25) is 0 Å². The molecule has 4 N–H and O–H groups in total. The summed E-state index contributed by atoms with van der Waals surface area (Å²) in [6, 6.07) is 34.0. The van der Waals surface area contributed by atoms with Crippen molar-refractivity contribution in [3.8, 4) is 34.0 Å². The van der Waals surface area contributed by atoms with Crippen molar-refractivity contribution in [1.29, 1.82) is 0 Å². The van der Waals surface area contributed by atoms with Gasteiger partial charge < -0.3 is 20.9 Å². The average molecular weight is 475 g/mol. The molecule has 0 atom stereocenters. The van der Waals surface area contributed by atoms with Gasteiger partial charge in [-0.15, -0.1) is 0 Å². The number of rotatable bonds is 8. The fourth-order valence-corrected chi connectivity index (χ4v) is 3.76. The van der Waals surface area contributed by atoms with Gasteiger partial charge >= 0.3 is 0 Å². The van der Waals surface area contributed by atoms with Gasteiger partial charge in [0.15, 0.2) is 11.6 Å². The fourth-order valence-electron chi connectivity index (χ4n) is 3.76. The smallest absolute Gasteiger partial charge is 0.165 e. The third kappa shape index (κ3) is 5.45. The molecule has 0 aliphatic heterocycles. The van der Waals surface area contributed by atoms with Crippen LogP contribution < -0.4 is 20.9 Å². The second kappa shape index (κ2) is 10.6. The van der Waals surface area contributed by atoms with Gasteiger partial charge in [-0.1, -0.05) is 78.9 Å². The van der Waals surface area contributed by atoms with Crippen LogP contribution in [0.1, 0.15) is 11.1 Å². The summed E-state index contributed by atoms with van der Waals surface area (Å²) in [5, 5.41) is 0. The molecular formula is C30H26N4O2. The molecule has 0 unspecified atom stereocenters. The van der Waals surface area contributed by atoms with E-state index in [1.165, 1.54) is 6.20 Å². The first-order valence-corrected chi connectivity index (χ1v) is 11.6. The molecule has 178 valence electrons. The van der Waals surface area contributed by atoms with Crippen molar-refractivity contribution in [3.63, 3.8) is 0 Å². The first kappa shape index (κ1) is 22.9. The molecule has 5 rings (SSSR count). The molecule has 5 aromatic rings. The molecule has 6 nitrogen and oxygen atoms in total. The molecule has 0 saturated heterocycles. The molecule has 36 heavy (non-hydrogen) atoms. The summed E-state index contributed by atoms with van der Waals surface area (Å²) in [4.78, 5) is 8.81. The van der Waals surface area contributed by atoms with Crippen LogP contribution >= 0.6 is 0 Å². The van der Waals surface area contributed by atoms with Gasteiger partial charge in [0.1, 0.15) is 24.7 Å². The normalized spacial score (nSPS) is 10.7. The average Bonchev–Trinajstić information content (AvgIpc) is 2.94. The highest BCUT2D eigenvalue weighted by Gasteiger charge is 2.14. The third-order valence-electron chi connectivity index (χ3n) is 5.74. The number of ether oxygens (including phenoxy) is 2. The van der Waals surface area contributed by atoms with E-state index in [0.29, 0.717) is 30.5 Å². The van der Waals surface area contributed by atoms with Crippen LogP contribution in [0.15, 0.2) is 109 Å². The lowest BCUT2D eigenvalue weighted by atomic mass is 10.0. The lowest BCUT2D eigenvalue weighted by Gasteiger charge is -2.14. The Morgan fingerprint density at radius 1 is 0.639 bits per heavy atom. The minimum atomic E-state index is 0.235. The van der Waals surface area contributed by atoms with E-state index in [1.807, 2.05) is 103 Å². The summed E-state index contributed by atoms with van der Waals surface area (Å²) in [7, 11) is 0. The molecule has 0 aliphatic carbocycles. The zero-order valence-electron chi connectivity index (χ0n) is 19.7. The molecule has 6 heteroatoms. The molecule has 0 amide bonds. The second-order valence-corrected chi connectivity index (χ2v) is 8.32. The highest BCUT2D eigenvalue weighted by Crippen LogP contribution is 2.34. The van der Waals surface area contributed by atoms with E-state index in [2.05, 4.69) is 9.97 Å². The maximum atomic E-state index is 6.16. The standard InChI is InChI=1S/C30H26N4O2/c31-27-18-33-30(34-29(27)32)26-17-24(13-16-28(26)36-20-22-9-5-2-6-10-22)23-11-14-25(15-12-23)35-19-21-7-3-1-4-8-21/h1-18H,19-20,31H2,(H2,32,33,34). The Bertz CT molecular complexity index is 1440. The van der Waals surface area contributed by atoms with Crippen molar-refractivity contribution in [3.05, 3.63) is 120 Å². The zero-order valence-corrected chi connectivity index (χ0v) is 19.7. The molecule has 0 saturated carbocycles. The first-order chi connectivity index (χ1) is 17.7. The van der Waals surface area contributed by atoms with Gasteiger partial charge in [0.05, 0.1) is 17.4 Å². The number of nitrogens with zero attached hydrogens (tertiary/aromatic N) is 2. The minimum Gasteiger partial charge on any atom is -0.489 e. The Hall–Kier alpha value is -4.84. The van der Waals surface area contributed by atoms with E-state index < -0.39 is 0 Å². The lowest BCUT2D eigenvalue weighted by molar-refractivity contribution is 0.306. The van der Waals surface area contributed by atoms with Crippen molar-refractivity contribution in [2.45, 2.75) is 13.2 Å². The van der Waals surface area contributed by atoms with Gasteiger partial charge in [-0.05, 0) is 46.5 Å². The fraction of sp³-hybridized carbons (Fsp3) is 0.0667. The molecule has 0 aliphatic rings. The van der Waals surface area contributed by atoms with Crippen LogP contribution in [0.3, 0.4) is 0 Å². The maximum absolute atomic E-state index is 6.16. The highest BCUT2D eigenvalue weighted by molar-refractivity contribution is 5.76. The first-order valence-electron chi connectivity index (χ1n) is 11.6. The van der Waals surface area contributed by atoms with Gasteiger partial charge in [-0.25, -0.2) is 9.97 Å². The summed E-state index contributed by atoms with van der Waals surface area (Å²) in [5.41, 5.74) is 17.1. The maximum Gasteiger partial charge on any atom is 0.165 e. The van der Waals surface area contributed by atoms with E-state index in [0.717, 1.165) is 33.6 Å². The summed E-state index contributed by atoms with van der Waals surface area (Å²) in [6.07, 6.45) is 1.52. The van der Waals surface area contributed by atoms with Gasteiger partial charge in [0.2, 0.25) is 0 Å². The Morgan fingerprint density at radius 2 is 1.25 bits per heavy atom. The van der Waals surface area contributed by atoms with Crippen LogP contribution in [0.2, 0.25) is 0 Å². The van der Waals surface area contributed by atoms with E-state index in [9.17, 15) is 0 Å². The second-order valence-electron chi connectivity index (χ2n) is 8.32. The van der Waals surface area contributed by atoms with Crippen molar-refractivity contribution < 1.29 is 9.47 Å². The number of benzene rings is 4. The molecule has 0 radical (unpaired) electrons. The van der Waals surface area contributed by atoms with E-state index in [1.54, 1.807) is 0 Å². The van der Waals surface area contributed by atoms with Crippen LogP contribution in [0.4, 0.5) is 11.5 Å². The summed E-state index contributed by atoms with van der Waals surface area (Å²) in [5.74, 6) is 2.16. The summed E-state index contributed by atoms with van der Waals surface area (Å²) >= 11 is 0.